The number of amides is 4. The number of carbonyl (C=O) groups excluding carboxylic acids is 3. The lowest BCUT2D eigenvalue weighted by Crippen LogP contribution is -2.54. The maximum absolute atomic E-state index is 13.2. The van der Waals surface area contributed by atoms with Crippen LogP contribution in [0.3, 0.4) is 0 Å². The summed E-state index contributed by atoms with van der Waals surface area (Å²) in [6.45, 7) is 0.352. The van der Waals surface area contributed by atoms with Gasteiger partial charge in [0.05, 0.1) is 24.9 Å². The van der Waals surface area contributed by atoms with Gasteiger partial charge < -0.3 is 14.2 Å². The van der Waals surface area contributed by atoms with E-state index < -0.39 is 17.8 Å². The van der Waals surface area contributed by atoms with E-state index in [2.05, 4.69) is 21.2 Å². The number of methoxy groups -OCH3 is 2. The van der Waals surface area contributed by atoms with Crippen molar-refractivity contribution in [2.45, 2.75) is 6.61 Å². The number of rotatable bonds is 7. The summed E-state index contributed by atoms with van der Waals surface area (Å²) in [5.74, 6) is -0.398. The van der Waals surface area contributed by atoms with E-state index in [1.165, 1.54) is 26.4 Å². The van der Waals surface area contributed by atoms with Crippen molar-refractivity contribution in [2.75, 3.05) is 19.1 Å². The normalized spacial score (nSPS) is 14.6. The number of imide groups is 2. The minimum absolute atomic E-state index is 0.235. The van der Waals surface area contributed by atoms with Crippen LogP contribution in [0.15, 0.2) is 70.7 Å². The van der Waals surface area contributed by atoms with Gasteiger partial charge in [-0.2, -0.15) is 0 Å². The molecule has 36 heavy (non-hydrogen) atoms. The van der Waals surface area contributed by atoms with E-state index in [4.69, 9.17) is 25.8 Å². The van der Waals surface area contributed by atoms with Gasteiger partial charge in [0.25, 0.3) is 11.8 Å². The highest BCUT2D eigenvalue weighted by Crippen LogP contribution is 2.37. The molecular weight excluding hydrogens is 552 g/mol. The van der Waals surface area contributed by atoms with E-state index in [0.717, 1.165) is 14.9 Å². The summed E-state index contributed by atoms with van der Waals surface area (Å²) in [5.41, 5.74) is 1.43. The molecule has 8 nitrogen and oxygen atoms in total. The zero-order chi connectivity index (χ0) is 25.8. The van der Waals surface area contributed by atoms with Crippen molar-refractivity contribution in [1.82, 2.24) is 5.32 Å². The van der Waals surface area contributed by atoms with Gasteiger partial charge in [0.15, 0.2) is 11.5 Å². The van der Waals surface area contributed by atoms with Gasteiger partial charge in [0.1, 0.15) is 17.9 Å². The van der Waals surface area contributed by atoms with Gasteiger partial charge in [-0.05, 0) is 65.7 Å². The minimum Gasteiger partial charge on any atom is -0.493 e. The van der Waals surface area contributed by atoms with E-state index in [1.807, 2.05) is 24.3 Å². The Morgan fingerprint density at radius 1 is 0.972 bits per heavy atom. The van der Waals surface area contributed by atoms with Gasteiger partial charge in [-0.25, -0.2) is 9.69 Å². The van der Waals surface area contributed by atoms with E-state index in [9.17, 15) is 14.4 Å². The highest BCUT2D eigenvalue weighted by molar-refractivity contribution is 9.10. The topological polar surface area (TPSA) is 94.2 Å². The second kappa shape index (κ2) is 10.8. The number of carbonyl (C=O) groups is 3. The van der Waals surface area contributed by atoms with Crippen LogP contribution in [0.25, 0.3) is 6.08 Å². The zero-order valence-corrected chi connectivity index (χ0v) is 21.6. The van der Waals surface area contributed by atoms with Crippen molar-refractivity contribution in [3.63, 3.8) is 0 Å². The molecule has 0 unspecified atom stereocenters. The average Bonchev–Trinajstić information content (AvgIpc) is 2.86. The molecule has 0 atom stereocenters. The number of urea groups is 1. The van der Waals surface area contributed by atoms with Crippen LogP contribution < -0.4 is 24.4 Å². The number of nitrogens with zero attached hydrogens (tertiary/aromatic N) is 1. The Hall–Kier alpha value is -3.82. The molecule has 1 heterocycles. The fourth-order valence-corrected chi connectivity index (χ4v) is 4.08. The Morgan fingerprint density at radius 2 is 1.67 bits per heavy atom. The van der Waals surface area contributed by atoms with Gasteiger partial charge >= 0.3 is 6.03 Å². The Labute approximate surface area is 220 Å². The first-order chi connectivity index (χ1) is 17.3. The number of benzene rings is 3. The molecule has 10 heteroatoms. The quantitative estimate of drug-likeness (QED) is 0.303. The fourth-order valence-electron chi connectivity index (χ4n) is 3.52. The molecule has 0 radical (unpaired) electrons. The Bertz CT molecular complexity index is 1360. The number of barbiturate groups is 1. The lowest BCUT2D eigenvalue weighted by atomic mass is 10.1. The van der Waals surface area contributed by atoms with Gasteiger partial charge in [-0.3, -0.25) is 14.9 Å². The number of ether oxygens (including phenoxy) is 3. The van der Waals surface area contributed by atoms with Crippen molar-refractivity contribution in [3.8, 4) is 17.2 Å². The molecule has 1 N–H and O–H groups in total. The van der Waals surface area contributed by atoms with Gasteiger partial charge in [0, 0.05) is 4.47 Å². The fraction of sp³-hybridized carbons (Fsp3) is 0.115. The molecule has 3 aromatic carbocycles. The molecule has 0 saturated carbocycles. The van der Waals surface area contributed by atoms with Crippen LogP contribution in [-0.4, -0.2) is 32.1 Å². The van der Waals surface area contributed by atoms with Crippen molar-refractivity contribution in [2.24, 2.45) is 0 Å². The Morgan fingerprint density at radius 3 is 2.31 bits per heavy atom. The smallest absolute Gasteiger partial charge is 0.335 e. The number of nitrogens with one attached hydrogen (secondary N) is 1. The lowest BCUT2D eigenvalue weighted by molar-refractivity contribution is -0.122. The minimum atomic E-state index is -0.851. The summed E-state index contributed by atoms with van der Waals surface area (Å²) >= 11 is 9.63. The molecule has 0 aromatic heterocycles. The van der Waals surface area contributed by atoms with E-state index in [0.29, 0.717) is 29.4 Å². The van der Waals surface area contributed by atoms with Crippen LogP contribution in [0.2, 0.25) is 5.02 Å². The standard InChI is InChI=1S/C26H20BrClN2O6/c1-34-22-13-16(12-21(28)23(22)35-2)11-20-24(31)29-26(33)30(25(20)32)18-7-9-19(10-8-18)36-14-15-3-5-17(27)6-4-15/h3-13H,14H2,1-2H3,(H,29,31,33)/b20-11+. The van der Waals surface area contributed by atoms with Gasteiger partial charge in [0.2, 0.25) is 0 Å². The first-order valence-corrected chi connectivity index (χ1v) is 11.8. The lowest BCUT2D eigenvalue weighted by Gasteiger charge is -2.26. The first kappa shape index (κ1) is 25.3. The third-order valence-corrected chi connectivity index (χ3v) is 6.09. The molecule has 0 bridgehead atoms. The maximum atomic E-state index is 13.2. The highest BCUT2D eigenvalue weighted by atomic mass is 79.9. The second-order valence-electron chi connectivity index (χ2n) is 7.61. The van der Waals surface area contributed by atoms with Crippen LogP contribution in [0.4, 0.5) is 10.5 Å². The van der Waals surface area contributed by atoms with Gasteiger partial charge in [-0.15, -0.1) is 0 Å². The first-order valence-electron chi connectivity index (χ1n) is 10.6. The van der Waals surface area contributed by atoms with Crippen LogP contribution in [0.5, 0.6) is 17.2 Å². The van der Waals surface area contributed by atoms with E-state index in [-0.39, 0.29) is 16.3 Å². The van der Waals surface area contributed by atoms with Crippen LogP contribution in [0, 0.1) is 0 Å². The molecule has 1 aliphatic heterocycles. The summed E-state index contributed by atoms with van der Waals surface area (Å²) in [5, 5.41) is 2.43. The summed E-state index contributed by atoms with van der Waals surface area (Å²) < 4.78 is 17.2. The number of halogens is 2. The number of hydrogen-bond acceptors (Lipinski definition) is 6. The molecule has 1 fully saturated rings. The average molecular weight is 572 g/mol. The van der Waals surface area contributed by atoms with Crippen molar-refractivity contribution < 1.29 is 28.6 Å². The van der Waals surface area contributed by atoms with Crippen LogP contribution in [-0.2, 0) is 16.2 Å². The molecule has 1 aliphatic rings. The molecule has 1 saturated heterocycles. The van der Waals surface area contributed by atoms with Crippen LogP contribution >= 0.6 is 27.5 Å². The monoisotopic (exact) mass is 570 g/mol. The third-order valence-electron chi connectivity index (χ3n) is 5.28. The number of anilines is 1. The van der Waals surface area contributed by atoms with E-state index >= 15 is 0 Å². The molecule has 0 aliphatic carbocycles. The second-order valence-corrected chi connectivity index (χ2v) is 8.93. The maximum Gasteiger partial charge on any atom is 0.335 e. The molecule has 4 rings (SSSR count). The summed E-state index contributed by atoms with van der Waals surface area (Å²) in [7, 11) is 2.89. The molecule has 184 valence electrons. The summed E-state index contributed by atoms with van der Waals surface area (Å²) in [4.78, 5) is 39.1. The molecule has 4 amide bonds. The zero-order valence-electron chi connectivity index (χ0n) is 19.2. The van der Waals surface area contributed by atoms with Crippen molar-refractivity contribution >= 4 is 57.1 Å². The molecule has 0 spiro atoms. The Balaban J connectivity index is 1.56. The summed E-state index contributed by atoms with van der Waals surface area (Å²) in [6.07, 6.45) is 1.33. The van der Waals surface area contributed by atoms with Crippen LogP contribution in [0.1, 0.15) is 11.1 Å². The summed E-state index contributed by atoms with van der Waals surface area (Å²) in [6, 6.07) is 16.4. The SMILES string of the molecule is COc1cc(/C=C2\C(=O)NC(=O)N(c3ccc(OCc4ccc(Br)cc4)cc3)C2=O)cc(Cl)c1OC. The highest BCUT2D eigenvalue weighted by Gasteiger charge is 2.37. The number of hydrogen-bond donors (Lipinski definition) is 1. The molecular formula is C26H20BrClN2O6. The van der Waals surface area contributed by atoms with Gasteiger partial charge in [-0.1, -0.05) is 39.7 Å². The predicted octanol–water partition coefficient (Wildman–Crippen LogP) is 5.37. The van der Waals surface area contributed by atoms with Crippen molar-refractivity contribution in [3.05, 3.63) is 86.9 Å². The largest absolute Gasteiger partial charge is 0.493 e. The predicted molar refractivity (Wildman–Crippen MR) is 138 cm³/mol. The third kappa shape index (κ3) is 5.37. The molecule has 3 aromatic rings. The van der Waals surface area contributed by atoms with E-state index in [1.54, 1.807) is 30.3 Å². The Kier molecular flexibility index (Phi) is 7.61. The van der Waals surface area contributed by atoms with Crippen molar-refractivity contribution in [1.29, 1.82) is 0 Å².